The van der Waals surface area contributed by atoms with E-state index in [2.05, 4.69) is 0 Å². The van der Waals surface area contributed by atoms with Crippen molar-refractivity contribution in [2.75, 3.05) is 18.1 Å². The second kappa shape index (κ2) is 5.73. The highest BCUT2D eigenvalue weighted by Crippen LogP contribution is 2.35. The maximum absolute atomic E-state index is 14.6. The van der Waals surface area contributed by atoms with Crippen LogP contribution in [0.15, 0.2) is 18.2 Å². The van der Waals surface area contributed by atoms with E-state index >= 15 is 0 Å². The number of thiophene rings is 1. The van der Waals surface area contributed by atoms with E-state index < -0.39 is 0 Å². The number of hydrogen-bond donors (Lipinski definition) is 0. The quantitative estimate of drug-likeness (QED) is 0.794. The number of halogens is 1. The Balaban J connectivity index is 1.73. The van der Waals surface area contributed by atoms with E-state index in [1.807, 2.05) is 12.1 Å². The molecule has 2 aliphatic heterocycles. The first kappa shape index (κ1) is 14.8. The highest BCUT2D eigenvalue weighted by molar-refractivity contribution is 7.14. The van der Waals surface area contributed by atoms with Gasteiger partial charge in [-0.15, -0.1) is 11.3 Å². The molecule has 5 heteroatoms. The molecular weight excluding hydrogens is 313 g/mol. The Morgan fingerprint density at radius 3 is 3.00 bits per heavy atom. The van der Waals surface area contributed by atoms with Crippen LogP contribution in [0.2, 0.25) is 0 Å². The predicted molar refractivity (Wildman–Crippen MR) is 88.8 cm³/mol. The number of benzene rings is 1. The van der Waals surface area contributed by atoms with Crippen molar-refractivity contribution in [2.24, 2.45) is 0 Å². The van der Waals surface area contributed by atoms with Gasteiger partial charge in [0.05, 0.1) is 23.8 Å². The molecule has 1 amide bonds. The summed E-state index contributed by atoms with van der Waals surface area (Å²) in [6, 6.07) is 5.66. The number of nitrogens with zero attached hydrogens (tertiary/aromatic N) is 1. The van der Waals surface area contributed by atoms with E-state index in [4.69, 9.17) is 4.74 Å². The third kappa shape index (κ3) is 2.48. The molecule has 0 bridgehead atoms. The summed E-state index contributed by atoms with van der Waals surface area (Å²) in [5.74, 6) is -0.352. The summed E-state index contributed by atoms with van der Waals surface area (Å²) in [5.41, 5.74) is 3.09. The predicted octanol–water partition coefficient (Wildman–Crippen LogP) is 3.86. The fourth-order valence-electron chi connectivity index (χ4n) is 3.33. The molecule has 1 aromatic heterocycles. The highest BCUT2D eigenvalue weighted by atomic mass is 32.1. The molecule has 0 atom stereocenters. The van der Waals surface area contributed by atoms with Crippen LogP contribution in [0.5, 0.6) is 0 Å². The van der Waals surface area contributed by atoms with Crippen LogP contribution in [-0.2, 0) is 24.2 Å². The van der Waals surface area contributed by atoms with E-state index in [0.717, 1.165) is 30.4 Å². The first-order valence-electron chi connectivity index (χ1n) is 7.94. The molecule has 0 unspecified atom stereocenters. The van der Waals surface area contributed by atoms with Gasteiger partial charge in [0, 0.05) is 17.8 Å². The zero-order valence-corrected chi connectivity index (χ0v) is 13.8. The first-order chi connectivity index (χ1) is 11.1. The normalized spacial score (nSPS) is 16.9. The lowest BCUT2D eigenvalue weighted by molar-refractivity contribution is 0.0987. The summed E-state index contributed by atoms with van der Waals surface area (Å²) in [5, 5.41) is 0. The molecule has 2 aromatic rings. The Labute approximate surface area is 138 Å². The number of rotatable bonds is 1. The number of ether oxygens (including phenoxy) is 1. The van der Waals surface area contributed by atoms with Crippen molar-refractivity contribution in [1.29, 1.82) is 0 Å². The zero-order chi connectivity index (χ0) is 16.0. The molecule has 0 N–H and O–H groups in total. The number of aryl methyl sites for hydroxylation is 2. The van der Waals surface area contributed by atoms with Gasteiger partial charge in [-0.3, -0.25) is 4.79 Å². The topological polar surface area (TPSA) is 29.5 Å². The van der Waals surface area contributed by atoms with Gasteiger partial charge >= 0.3 is 0 Å². The average Bonchev–Trinajstić information content (AvgIpc) is 3.01. The average molecular weight is 331 g/mol. The molecule has 0 spiro atoms. The van der Waals surface area contributed by atoms with Crippen molar-refractivity contribution < 1.29 is 13.9 Å². The fraction of sp³-hybridized carbons (Fsp3) is 0.389. The van der Waals surface area contributed by atoms with Crippen LogP contribution in [0.1, 0.15) is 37.7 Å². The second-order valence-corrected chi connectivity index (χ2v) is 7.26. The van der Waals surface area contributed by atoms with Crippen molar-refractivity contribution in [3.63, 3.8) is 0 Å². The molecule has 3 nitrogen and oxygen atoms in total. The molecule has 23 heavy (non-hydrogen) atoms. The third-order valence-corrected chi connectivity index (χ3v) is 5.80. The molecule has 0 radical (unpaired) electrons. The van der Waals surface area contributed by atoms with E-state index in [1.54, 1.807) is 17.9 Å². The van der Waals surface area contributed by atoms with Gasteiger partial charge in [-0.05, 0) is 42.5 Å². The number of carbonyl (C=O) groups is 1. The Morgan fingerprint density at radius 1 is 1.30 bits per heavy atom. The summed E-state index contributed by atoms with van der Waals surface area (Å²) in [7, 11) is 0. The Bertz CT molecular complexity index is 760. The smallest absolute Gasteiger partial charge is 0.268 e. The molecule has 120 valence electrons. The number of carbonyl (C=O) groups excluding carboxylic acids is 1. The van der Waals surface area contributed by atoms with E-state index in [-0.39, 0.29) is 11.7 Å². The van der Waals surface area contributed by atoms with Crippen molar-refractivity contribution >= 4 is 22.9 Å². The van der Waals surface area contributed by atoms with Gasteiger partial charge in [-0.2, -0.15) is 0 Å². The number of anilines is 1. The molecule has 0 fully saturated rings. The Morgan fingerprint density at radius 2 is 2.17 bits per heavy atom. The standard InChI is InChI=1S/C18H18FNO2S/c1-11-4-5-12-3-2-7-20(17(12)16(11)19)18(21)15-9-13-10-22-8-6-14(13)23-15/h4-5,9H,2-3,6-8,10H2,1H3. The largest absolute Gasteiger partial charge is 0.376 e. The van der Waals surface area contributed by atoms with Crippen LogP contribution < -0.4 is 4.90 Å². The van der Waals surface area contributed by atoms with Crippen LogP contribution in [0.3, 0.4) is 0 Å². The van der Waals surface area contributed by atoms with E-state index in [1.165, 1.54) is 16.2 Å². The third-order valence-electron chi connectivity index (χ3n) is 4.57. The molecule has 4 rings (SSSR count). The van der Waals surface area contributed by atoms with Crippen LogP contribution in [0.25, 0.3) is 0 Å². The molecule has 0 saturated carbocycles. The molecular formula is C18H18FNO2S. The lowest BCUT2D eigenvalue weighted by atomic mass is 9.99. The summed E-state index contributed by atoms with van der Waals surface area (Å²) in [4.78, 5) is 16.5. The molecule has 0 saturated heterocycles. The van der Waals surface area contributed by atoms with E-state index in [0.29, 0.717) is 35.9 Å². The van der Waals surface area contributed by atoms with Gasteiger partial charge in [0.25, 0.3) is 5.91 Å². The van der Waals surface area contributed by atoms with Crippen LogP contribution in [0.4, 0.5) is 10.1 Å². The minimum absolute atomic E-state index is 0.0881. The minimum atomic E-state index is -0.264. The SMILES string of the molecule is Cc1ccc2c(c1F)N(C(=O)c1cc3c(s1)CCOC3)CCC2. The molecule has 2 aliphatic rings. The van der Waals surface area contributed by atoms with Crippen molar-refractivity contribution in [2.45, 2.75) is 32.8 Å². The maximum atomic E-state index is 14.6. The van der Waals surface area contributed by atoms with Crippen LogP contribution in [-0.4, -0.2) is 19.1 Å². The Hall–Kier alpha value is -1.72. The van der Waals surface area contributed by atoms with Gasteiger partial charge in [-0.25, -0.2) is 4.39 Å². The van der Waals surface area contributed by atoms with Crippen molar-refractivity contribution in [1.82, 2.24) is 0 Å². The van der Waals surface area contributed by atoms with Gasteiger partial charge < -0.3 is 9.64 Å². The Kier molecular flexibility index (Phi) is 3.70. The molecule has 0 aliphatic carbocycles. The summed E-state index contributed by atoms with van der Waals surface area (Å²) in [6.07, 6.45) is 2.55. The van der Waals surface area contributed by atoms with Crippen LogP contribution >= 0.6 is 11.3 Å². The highest BCUT2D eigenvalue weighted by Gasteiger charge is 2.29. The van der Waals surface area contributed by atoms with E-state index in [9.17, 15) is 9.18 Å². The number of hydrogen-bond acceptors (Lipinski definition) is 3. The fourth-order valence-corrected chi connectivity index (χ4v) is 4.43. The lowest BCUT2D eigenvalue weighted by Crippen LogP contribution is -2.36. The zero-order valence-electron chi connectivity index (χ0n) is 13.0. The number of fused-ring (bicyclic) bond motifs is 2. The molecule has 3 heterocycles. The minimum Gasteiger partial charge on any atom is -0.376 e. The van der Waals surface area contributed by atoms with Gasteiger partial charge in [0.1, 0.15) is 5.82 Å². The summed E-state index contributed by atoms with van der Waals surface area (Å²) < 4.78 is 20.1. The van der Waals surface area contributed by atoms with Crippen LogP contribution in [0, 0.1) is 12.7 Å². The number of amides is 1. The van der Waals surface area contributed by atoms with Crippen molar-refractivity contribution in [3.8, 4) is 0 Å². The van der Waals surface area contributed by atoms with Gasteiger partial charge in [-0.1, -0.05) is 12.1 Å². The summed E-state index contributed by atoms with van der Waals surface area (Å²) in [6.45, 7) is 3.60. The second-order valence-electron chi connectivity index (χ2n) is 6.13. The summed E-state index contributed by atoms with van der Waals surface area (Å²) >= 11 is 1.53. The van der Waals surface area contributed by atoms with Gasteiger partial charge in [0.15, 0.2) is 0 Å². The molecule has 1 aromatic carbocycles. The van der Waals surface area contributed by atoms with Crippen molar-refractivity contribution in [3.05, 3.63) is 50.5 Å². The first-order valence-corrected chi connectivity index (χ1v) is 8.76. The lowest BCUT2D eigenvalue weighted by Gasteiger charge is -2.30. The monoisotopic (exact) mass is 331 g/mol. The maximum Gasteiger partial charge on any atom is 0.268 e. The van der Waals surface area contributed by atoms with Gasteiger partial charge in [0.2, 0.25) is 0 Å².